The first-order chi connectivity index (χ1) is 9.81. The third kappa shape index (κ3) is 3.68. The molecule has 7 heteroatoms. The van der Waals surface area contributed by atoms with Crippen molar-refractivity contribution in [3.8, 4) is 0 Å². The van der Waals surface area contributed by atoms with E-state index in [0.29, 0.717) is 5.69 Å². The van der Waals surface area contributed by atoms with Crippen LogP contribution in [0.25, 0.3) is 0 Å². The van der Waals surface area contributed by atoms with Crippen LogP contribution in [-0.4, -0.2) is 8.42 Å². The summed E-state index contributed by atoms with van der Waals surface area (Å²) >= 11 is 11.8. The fourth-order valence-corrected chi connectivity index (χ4v) is 3.88. The number of sulfonamides is 1. The van der Waals surface area contributed by atoms with Crippen LogP contribution in [0.2, 0.25) is 10.0 Å². The van der Waals surface area contributed by atoms with Crippen LogP contribution >= 0.6 is 23.2 Å². The third-order valence-electron chi connectivity index (χ3n) is 2.95. The summed E-state index contributed by atoms with van der Waals surface area (Å²) in [6.45, 7) is 1.73. The van der Waals surface area contributed by atoms with Crippen LogP contribution in [0.15, 0.2) is 47.4 Å². The zero-order chi connectivity index (χ0) is 15.6. The van der Waals surface area contributed by atoms with Gasteiger partial charge in [-0.05, 0) is 36.8 Å². The van der Waals surface area contributed by atoms with Gasteiger partial charge in [-0.25, -0.2) is 13.1 Å². The normalized spacial score (nSPS) is 13.1. The van der Waals surface area contributed by atoms with Crippen molar-refractivity contribution in [3.05, 3.63) is 58.1 Å². The molecule has 0 fully saturated rings. The van der Waals surface area contributed by atoms with Gasteiger partial charge in [-0.2, -0.15) is 0 Å². The number of hydrogen-bond acceptors (Lipinski definition) is 3. The molecule has 0 aliphatic carbocycles. The Morgan fingerprint density at radius 3 is 2.48 bits per heavy atom. The van der Waals surface area contributed by atoms with Gasteiger partial charge >= 0.3 is 0 Å². The number of hydrogen-bond donors (Lipinski definition) is 2. The first kappa shape index (κ1) is 16.1. The average Bonchev–Trinajstić information content (AvgIpc) is 2.41. The lowest BCUT2D eigenvalue weighted by molar-refractivity contribution is 0.567. The molecule has 0 aliphatic heterocycles. The summed E-state index contributed by atoms with van der Waals surface area (Å²) in [4.78, 5) is -0.0487. The lowest BCUT2D eigenvalue weighted by atomic mass is 10.1. The van der Waals surface area contributed by atoms with E-state index in [4.69, 9.17) is 28.9 Å². The maximum absolute atomic E-state index is 12.4. The van der Waals surface area contributed by atoms with E-state index in [1.807, 2.05) is 0 Å². The van der Waals surface area contributed by atoms with Gasteiger partial charge in [0.05, 0.1) is 10.0 Å². The van der Waals surface area contributed by atoms with E-state index >= 15 is 0 Å². The highest BCUT2D eigenvalue weighted by molar-refractivity contribution is 7.89. The van der Waals surface area contributed by atoms with Gasteiger partial charge in [0, 0.05) is 11.7 Å². The molecule has 0 radical (unpaired) electrons. The molecule has 0 heterocycles. The molecule has 1 unspecified atom stereocenters. The fourth-order valence-electron chi connectivity index (χ4n) is 1.88. The standard InChI is InChI=1S/C14H14Cl2N2O2S/c1-9(10-4-2-5-11(17)8-10)18-21(19,20)13-7-3-6-12(15)14(13)16/h2-9,18H,17H2,1H3. The lowest BCUT2D eigenvalue weighted by Crippen LogP contribution is -2.27. The topological polar surface area (TPSA) is 72.2 Å². The molecule has 0 spiro atoms. The summed E-state index contributed by atoms with van der Waals surface area (Å²) in [5.74, 6) is 0. The minimum absolute atomic E-state index is 0.00597. The Bertz CT molecular complexity index is 763. The molecule has 0 amide bonds. The maximum atomic E-state index is 12.4. The molecular formula is C14H14Cl2N2O2S. The largest absolute Gasteiger partial charge is 0.399 e. The second-order valence-corrected chi connectivity index (χ2v) is 7.03. The Balaban J connectivity index is 2.31. The molecule has 0 aliphatic rings. The van der Waals surface area contributed by atoms with E-state index in [1.54, 1.807) is 31.2 Å². The molecule has 0 saturated heterocycles. The number of benzene rings is 2. The molecular weight excluding hydrogens is 331 g/mol. The van der Waals surface area contributed by atoms with Crippen LogP contribution in [0, 0.1) is 0 Å². The zero-order valence-corrected chi connectivity index (χ0v) is 13.5. The summed E-state index contributed by atoms with van der Waals surface area (Å²) in [5.41, 5.74) is 7.03. The fraction of sp³-hybridized carbons (Fsp3) is 0.143. The molecule has 112 valence electrons. The molecule has 0 aromatic heterocycles. The summed E-state index contributed by atoms with van der Waals surface area (Å²) in [7, 11) is -3.78. The van der Waals surface area contributed by atoms with Gasteiger partial charge in [-0.3, -0.25) is 0 Å². The molecule has 2 rings (SSSR count). The van der Waals surface area contributed by atoms with Crippen molar-refractivity contribution in [1.82, 2.24) is 4.72 Å². The number of nitrogen functional groups attached to an aromatic ring is 1. The lowest BCUT2D eigenvalue weighted by Gasteiger charge is -2.16. The molecule has 2 aromatic rings. The predicted molar refractivity (Wildman–Crippen MR) is 86.1 cm³/mol. The summed E-state index contributed by atoms with van der Waals surface area (Å²) in [6, 6.07) is 11.0. The number of nitrogens with one attached hydrogen (secondary N) is 1. The van der Waals surface area contributed by atoms with Crippen LogP contribution in [0.1, 0.15) is 18.5 Å². The minimum Gasteiger partial charge on any atom is -0.399 e. The second-order valence-electron chi connectivity index (χ2n) is 4.57. The Morgan fingerprint density at radius 2 is 1.81 bits per heavy atom. The second kappa shape index (κ2) is 6.23. The Morgan fingerprint density at radius 1 is 1.14 bits per heavy atom. The van der Waals surface area contributed by atoms with Crippen LogP contribution in [0.3, 0.4) is 0 Å². The summed E-state index contributed by atoms with van der Waals surface area (Å²) < 4.78 is 27.3. The highest BCUT2D eigenvalue weighted by atomic mass is 35.5. The van der Waals surface area contributed by atoms with Gasteiger partial charge in [0.25, 0.3) is 0 Å². The van der Waals surface area contributed by atoms with E-state index in [0.717, 1.165) is 5.56 Å². The molecule has 3 N–H and O–H groups in total. The molecule has 1 atom stereocenters. The number of halogens is 2. The monoisotopic (exact) mass is 344 g/mol. The van der Waals surface area contributed by atoms with E-state index in [1.165, 1.54) is 18.2 Å². The van der Waals surface area contributed by atoms with E-state index in [-0.39, 0.29) is 14.9 Å². The van der Waals surface area contributed by atoms with E-state index in [9.17, 15) is 8.42 Å². The number of anilines is 1. The van der Waals surface area contributed by atoms with Crippen molar-refractivity contribution in [3.63, 3.8) is 0 Å². The van der Waals surface area contributed by atoms with Gasteiger partial charge in [0.2, 0.25) is 10.0 Å². The predicted octanol–water partition coefficient (Wildman–Crippen LogP) is 3.62. The minimum atomic E-state index is -3.78. The van der Waals surface area contributed by atoms with Crippen LogP contribution in [0.5, 0.6) is 0 Å². The molecule has 4 nitrogen and oxygen atoms in total. The quantitative estimate of drug-likeness (QED) is 0.832. The van der Waals surface area contributed by atoms with Gasteiger partial charge in [-0.15, -0.1) is 0 Å². The Labute approximate surface area is 133 Å². The third-order valence-corrected chi connectivity index (χ3v) is 5.46. The summed E-state index contributed by atoms with van der Waals surface area (Å²) in [6.07, 6.45) is 0. The average molecular weight is 345 g/mol. The first-order valence-electron chi connectivity index (χ1n) is 6.13. The van der Waals surface area contributed by atoms with Crippen molar-refractivity contribution < 1.29 is 8.42 Å². The van der Waals surface area contributed by atoms with Crippen molar-refractivity contribution in [2.75, 3.05) is 5.73 Å². The van der Waals surface area contributed by atoms with Crippen LogP contribution in [0.4, 0.5) is 5.69 Å². The van der Waals surface area contributed by atoms with Crippen molar-refractivity contribution in [2.24, 2.45) is 0 Å². The molecule has 2 aromatic carbocycles. The molecule has 0 bridgehead atoms. The highest BCUT2D eigenvalue weighted by Crippen LogP contribution is 2.29. The van der Waals surface area contributed by atoms with Crippen LogP contribution in [-0.2, 0) is 10.0 Å². The Kier molecular flexibility index (Phi) is 4.78. The van der Waals surface area contributed by atoms with Gasteiger partial charge in [0.1, 0.15) is 4.90 Å². The van der Waals surface area contributed by atoms with E-state index in [2.05, 4.69) is 4.72 Å². The first-order valence-corrected chi connectivity index (χ1v) is 8.37. The van der Waals surface area contributed by atoms with Gasteiger partial charge in [0.15, 0.2) is 0 Å². The smallest absolute Gasteiger partial charge is 0.242 e. The number of rotatable bonds is 4. The SMILES string of the molecule is CC(NS(=O)(=O)c1cccc(Cl)c1Cl)c1cccc(N)c1. The Hall–Kier alpha value is -1.27. The highest BCUT2D eigenvalue weighted by Gasteiger charge is 2.22. The van der Waals surface area contributed by atoms with Gasteiger partial charge in [-0.1, -0.05) is 41.4 Å². The summed E-state index contributed by atoms with van der Waals surface area (Å²) in [5, 5.41) is 0.197. The maximum Gasteiger partial charge on any atom is 0.242 e. The van der Waals surface area contributed by atoms with Crippen molar-refractivity contribution >= 4 is 38.9 Å². The zero-order valence-electron chi connectivity index (χ0n) is 11.2. The van der Waals surface area contributed by atoms with Gasteiger partial charge < -0.3 is 5.73 Å². The molecule has 21 heavy (non-hydrogen) atoms. The van der Waals surface area contributed by atoms with Crippen molar-refractivity contribution in [2.45, 2.75) is 17.9 Å². The van der Waals surface area contributed by atoms with Crippen LogP contribution < -0.4 is 10.5 Å². The number of nitrogens with two attached hydrogens (primary N) is 1. The van der Waals surface area contributed by atoms with Crippen molar-refractivity contribution in [1.29, 1.82) is 0 Å². The van der Waals surface area contributed by atoms with E-state index < -0.39 is 16.1 Å². The molecule has 0 saturated carbocycles.